The van der Waals surface area contributed by atoms with Crippen molar-refractivity contribution in [2.75, 3.05) is 7.11 Å². The molecule has 0 saturated carbocycles. The average Bonchev–Trinajstić information content (AvgIpc) is 2.93. The van der Waals surface area contributed by atoms with E-state index < -0.39 is 35.9 Å². The van der Waals surface area contributed by atoms with Gasteiger partial charge in [-0.25, -0.2) is 9.59 Å². The number of aryl methyl sites for hydroxylation is 1. The highest BCUT2D eigenvalue weighted by Gasteiger charge is 2.31. The number of carbonyl (C=O) groups excluding carboxylic acids is 3. The second kappa shape index (κ2) is 8.38. The standard InChI is InChI=1S/C19H18F3NO6/c1-9-14(18(26)27-4)10(2)23-15(9)16(24)11(3)28-17(25)12-5-7-13(8-6-12)29-19(20,21)22/h5-8,11,23H,1-4H3/t11-/m1/s1. The Morgan fingerprint density at radius 1 is 1.03 bits per heavy atom. The van der Waals surface area contributed by atoms with Gasteiger partial charge in [-0.05, 0) is 50.6 Å². The molecular weight excluding hydrogens is 395 g/mol. The molecule has 0 aliphatic rings. The summed E-state index contributed by atoms with van der Waals surface area (Å²) >= 11 is 0. The van der Waals surface area contributed by atoms with Crippen molar-refractivity contribution in [1.29, 1.82) is 0 Å². The Morgan fingerprint density at radius 3 is 2.14 bits per heavy atom. The number of ether oxygens (including phenoxy) is 3. The van der Waals surface area contributed by atoms with E-state index in [1.807, 2.05) is 0 Å². The van der Waals surface area contributed by atoms with Gasteiger partial charge in [0.25, 0.3) is 0 Å². The second-order valence-electron chi connectivity index (χ2n) is 6.10. The minimum absolute atomic E-state index is 0.0613. The van der Waals surface area contributed by atoms with Crippen molar-refractivity contribution in [1.82, 2.24) is 4.98 Å². The Labute approximate surface area is 163 Å². The predicted octanol–water partition coefficient (Wildman–Crippen LogP) is 3.74. The van der Waals surface area contributed by atoms with Crippen LogP contribution in [0.15, 0.2) is 24.3 Å². The number of Topliss-reactive ketones (excluding diaryl/α,β-unsaturated/α-hetero) is 1. The van der Waals surface area contributed by atoms with Crippen molar-refractivity contribution in [2.24, 2.45) is 0 Å². The maximum absolute atomic E-state index is 12.6. The number of aromatic amines is 1. The summed E-state index contributed by atoms with van der Waals surface area (Å²) in [6.45, 7) is 4.49. The van der Waals surface area contributed by atoms with Gasteiger partial charge in [-0.15, -0.1) is 13.2 Å². The molecule has 2 rings (SSSR count). The van der Waals surface area contributed by atoms with Crippen LogP contribution in [0.2, 0.25) is 0 Å². The zero-order valence-corrected chi connectivity index (χ0v) is 16.0. The Hall–Kier alpha value is -3.30. The summed E-state index contributed by atoms with van der Waals surface area (Å²) in [5, 5.41) is 0. The summed E-state index contributed by atoms with van der Waals surface area (Å²) in [4.78, 5) is 39.4. The summed E-state index contributed by atoms with van der Waals surface area (Å²) in [6, 6.07) is 4.08. The molecule has 1 atom stereocenters. The molecule has 1 aromatic heterocycles. The number of esters is 2. The number of alkyl halides is 3. The lowest BCUT2D eigenvalue weighted by Gasteiger charge is -2.13. The molecule has 0 spiro atoms. The highest BCUT2D eigenvalue weighted by Crippen LogP contribution is 2.24. The normalized spacial score (nSPS) is 12.2. The number of rotatable bonds is 6. The van der Waals surface area contributed by atoms with Crippen LogP contribution in [0.4, 0.5) is 13.2 Å². The molecule has 1 heterocycles. The molecular formula is C19H18F3NO6. The summed E-state index contributed by atoms with van der Waals surface area (Å²) in [5.41, 5.74) is 1.04. The smallest absolute Gasteiger partial charge is 0.465 e. The van der Waals surface area contributed by atoms with Crippen molar-refractivity contribution in [3.63, 3.8) is 0 Å². The first-order valence-electron chi connectivity index (χ1n) is 8.33. The van der Waals surface area contributed by atoms with Gasteiger partial charge in [0.2, 0.25) is 5.78 Å². The van der Waals surface area contributed by atoms with Crippen molar-refractivity contribution in [3.05, 3.63) is 52.3 Å². The minimum atomic E-state index is -4.85. The molecule has 29 heavy (non-hydrogen) atoms. The maximum atomic E-state index is 12.6. The molecule has 0 amide bonds. The maximum Gasteiger partial charge on any atom is 0.573 e. The monoisotopic (exact) mass is 413 g/mol. The number of benzene rings is 1. The van der Waals surface area contributed by atoms with Crippen LogP contribution in [-0.2, 0) is 9.47 Å². The zero-order chi connectivity index (χ0) is 21.9. The van der Waals surface area contributed by atoms with Crippen LogP contribution in [0.1, 0.15) is 49.4 Å². The summed E-state index contributed by atoms with van der Waals surface area (Å²) < 4.78 is 50.0. The molecule has 1 aromatic carbocycles. The summed E-state index contributed by atoms with van der Waals surface area (Å²) in [6.07, 6.45) is -6.06. The first-order valence-corrected chi connectivity index (χ1v) is 8.33. The highest BCUT2D eigenvalue weighted by atomic mass is 19.4. The molecule has 0 unspecified atom stereocenters. The zero-order valence-electron chi connectivity index (χ0n) is 16.0. The summed E-state index contributed by atoms with van der Waals surface area (Å²) in [7, 11) is 1.21. The van der Waals surface area contributed by atoms with E-state index in [0.29, 0.717) is 11.3 Å². The van der Waals surface area contributed by atoms with E-state index in [1.165, 1.54) is 14.0 Å². The Balaban J connectivity index is 2.12. The van der Waals surface area contributed by atoms with Crippen LogP contribution in [0, 0.1) is 13.8 Å². The fourth-order valence-electron chi connectivity index (χ4n) is 2.68. The van der Waals surface area contributed by atoms with E-state index in [9.17, 15) is 27.6 Å². The topological polar surface area (TPSA) is 94.7 Å². The van der Waals surface area contributed by atoms with Gasteiger partial charge in [-0.3, -0.25) is 4.79 Å². The molecule has 0 saturated heterocycles. The van der Waals surface area contributed by atoms with Crippen molar-refractivity contribution in [3.8, 4) is 5.75 Å². The molecule has 2 aromatic rings. The molecule has 156 valence electrons. The van der Waals surface area contributed by atoms with E-state index in [0.717, 1.165) is 24.3 Å². The number of nitrogens with one attached hydrogen (secondary N) is 1. The molecule has 1 N–H and O–H groups in total. The van der Waals surface area contributed by atoms with Crippen LogP contribution < -0.4 is 4.74 Å². The molecule has 10 heteroatoms. The van der Waals surface area contributed by atoms with E-state index >= 15 is 0 Å². The van der Waals surface area contributed by atoms with Gasteiger partial charge in [0.05, 0.1) is 23.9 Å². The lowest BCUT2D eigenvalue weighted by molar-refractivity contribution is -0.274. The fourth-order valence-corrected chi connectivity index (χ4v) is 2.68. The van der Waals surface area contributed by atoms with Crippen LogP contribution in [0.3, 0.4) is 0 Å². The summed E-state index contributed by atoms with van der Waals surface area (Å²) in [5.74, 6) is -2.59. The number of H-pyrrole nitrogens is 1. The third-order valence-electron chi connectivity index (χ3n) is 4.05. The van der Waals surface area contributed by atoms with E-state index in [1.54, 1.807) is 13.8 Å². The Bertz CT molecular complexity index is 931. The minimum Gasteiger partial charge on any atom is -0.465 e. The van der Waals surface area contributed by atoms with Gasteiger partial charge in [0.15, 0.2) is 6.10 Å². The van der Waals surface area contributed by atoms with Crippen LogP contribution >= 0.6 is 0 Å². The van der Waals surface area contributed by atoms with Gasteiger partial charge in [0.1, 0.15) is 5.75 Å². The number of hydrogen-bond donors (Lipinski definition) is 1. The quantitative estimate of drug-likeness (QED) is 0.573. The molecule has 0 aliphatic carbocycles. The van der Waals surface area contributed by atoms with Crippen LogP contribution in [0.5, 0.6) is 5.75 Å². The fraction of sp³-hybridized carbons (Fsp3) is 0.316. The van der Waals surface area contributed by atoms with Crippen molar-refractivity contribution in [2.45, 2.75) is 33.2 Å². The first kappa shape index (κ1) is 22.0. The van der Waals surface area contributed by atoms with E-state index in [2.05, 4.69) is 14.5 Å². The van der Waals surface area contributed by atoms with Crippen LogP contribution in [0.25, 0.3) is 0 Å². The van der Waals surface area contributed by atoms with Crippen molar-refractivity contribution < 1.29 is 41.8 Å². The molecule has 0 fully saturated rings. The third-order valence-corrected chi connectivity index (χ3v) is 4.05. The number of carbonyl (C=O) groups is 3. The Morgan fingerprint density at radius 2 is 1.62 bits per heavy atom. The predicted molar refractivity (Wildman–Crippen MR) is 93.9 cm³/mol. The highest BCUT2D eigenvalue weighted by molar-refractivity contribution is 6.04. The number of methoxy groups -OCH3 is 1. The number of ketones is 1. The van der Waals surface area contributed by atoms with Gasteiger partial charge in [-0.2, -0.15) is 0 Å². The van der Waals surface area contributed by atoms with Crippen LogP contribution in [-0.4, -0.2) is 42.3 Å². The number of aromatic nitrogens is 1. The van der Waals surface area contributed by atoms with Gasteiger partial charge < -0.3 is 19.2 Å². The third kappa shape index (κ3) is 5.15. The molecule has 0 aliphatic heterocycles. The van der Waals surface area contributed by atoms with E-state index in [4.69, 9.17) is 4.74 Å². The largest absolute Gasteiger partial charge is 0.573 e. The average molecular weight is 413 g/mol. The first-order chi connectivity index (χ1) is 13.4. The van der Waals surface area contributed by atoms with Gasteiger partial charge in [0, 0.05) is 5.69 Å². The molecule has 0 radical (unpaired) electrons. The SMILES string of the molecule is COC(=O)c1c(C)[nH]c(C(=O)[C@@H](C)OC(=O)c2ccc(OC(F)(F)F)cc2)c1C. The van der Waals surface area contributed by atoms with E-state index in [-0.39, 0.29) is 16.8 Å². The number of halogens is 3. The second-order valence-corrected chi connectivity index (χ2v) is 6.10. The lowest BCUT2D eigenvalue weighted by Crippen LogP contribution is -2.25. The van der Waals surface area contributed by atoms with Crippen molar-refractivity contribution >= 4 is 17.7 Å². The number of hydrogen-bond acceptors (Lipinski definition) is 6. The molecule has 7 nitrogen and oxygen atoms in total. The Kier molecular flexibility index (Phi) is 6.35. The van der Waals surface area contributed by atoms with Gasteiger partial charge >= 0.3 is 18.3 Å². The van der Waals surface area contributed by atoms with Gasteiger partial charge in [-0.1, -0.05) is 0 Å². The molecule has 0 bridgehead atoms. The lowest BCUT2D eigenvalue weighted by atomic mass is 10.1.